The third kappa shape index (κ3) is 4.44. The molecule has 1 heterocycles. The molecule has 0 spiro atoms. The van der Waals surface area contributed by atoms with Crippen molar-refractivity contribution >= 4 is 0 Å². The molecule has 2 aromatic carbocycles. The largest absolute Gasteiger partial charge is 0.389 e. The Bertz CT molecular complexity index is 648. The van der Waals surface area contributed by atoms with Crippen LogP contribution in [0.2, 0.25) is 0 Å². The first-order valence-corrected chi connectivity index (χ1v) is 8.77. The van der Waals surface area contributed by atoms with Gasteiger partial charge in [0.15, 0.2) is 0 Å². The zero-order valence-corrected chi connectivity index (χ0v) is 14.4. The van der Waals surface area contributed by atoms with E-state index in [9.17, 15) is 10.2 Å². The Morgan fingerprint density at radius 2 is 1.75 bits per heavy atom. The minimum absolute atomic E-state index is 0.464. The molecule has 1 aliphatic rings. The van der Waals surface area contributed by atoms with Crippen molar-refractivity contribution in [3.05, 3.63) is 71.3 Å². The van der Waals surface area contributed by atoms with E-state index in [1.165, 1.54) is 11.1 Å². The smallest absolute Gasteiger partial charge is 0.0916 e. The molecule has 1 aliphatic heterocycles. The summed E-state index contributed by atoms with van der Waals surface area (Å²) in [6, 6.07) is 18.2. The molecule has 1 fully saturated rings. The number of rotatable bonds is 5. The molecular weight excluding hydrogens is 298 g/mol. The van der Waals surface area contributed by atoms with Gasteiger partial charge >= 0.3 is 0 Å². The summed E-state index contributed by atoms with van der Waals surface area (Å²) < 4.78 is 0. The van der Waals surface area contributed by atoms with Crippen LogP contribution >= 0.6 is 0 Å². The summed E-state index contributed by atoms with van der Waals surface area (Å²) in [4.78, 5) is 2.25. The molecule has 0 bridgehead atoms. The fraction of sp³-hybridized carbons (Fsp3) is 0.429. The topological polar surface area (TPSA) is 43.7 Å². The second-order valence-corrected chi connectivity index (χ2v) is 7.12. The molecule has 1 atom stereocenters. The maximum absolute atomic E-state index is 10.9. The van der Waals surface area contributed by atoms with E-state index in [0.717, 1.165) is 31.5 Å². The van der Waals surface area contributed by atoms with Gasteiger partial charge in [-0.25, -0.2) is 0 Å². The normalized spacial score (nSPS) is 19.1. The van der Waals surface area contributed by atoms with Gasteiger partial charge < -0.3 is 15.1 Å². The Morgan fingerprint density at radius 3 is 2.42 bits per heavy atom. The Hall–Kier alpha value is -1.68. The zero-order chi connectivity index (χ0) is 17.0. The summed E-state index contributed by atoms with van der Waals surface area (Å²) >= 11 is 0. The molecule has 128 valence electrons. The van der Waals surface area contributed by atoms with Crippen molar-refractivity contribution in [1.29, 1.82) is 0 Å². The van der Waals surface area contributed by atoms with Crippen molar-refractivity contribution in [1.82, 2.24) is 4.90 Å². The Labute approximate surface area is 144 Å². The van der Waals surface area contributed by atoms with E-state index in [1.807, 2.05) is 30.3 Å². The molecule has 0 radical (unpaired) electrons. The number of piperidine rings is 1. The number of β-amino-alcohol motifs (C(OH)–C–C–N with tert-alkyl or cyclic N) is 1. The highest BCUT2D eigenvalue weighted by atomic mass is 16.3. The Morgan fingerprint density at radius 1 is 1.04 bits per heavy atom. The molecule has 3 heteroatoms. The van der Waals surface area contributed by atoms with Crippen LogP contribution in [0.3, 0.4) is 0 Å². The fourth-order valence-corrected chi connectivity index (χ4v) is 3.56. The van der Waals surface area contributed by atoms with Gasteiger partial charge in [0, 0.05) is 26.1 Å². The van der Waals surface area contributed by atoms with Crippen LogP contribution in [0, 0.1) is 6.92 Å². The molecule has 1 saturated heterocycles. The lowest BCUT2D eigenvalue weighted by atomic mass is 9.85. The average molecular weight is 325 g/mol. The minimum Gasteiger partial charge on any atom is -0.389 e. The summed E-state index contributed by atoms with van der Waals surface area (Å²) in [6.07, 6.45) is 1.75. The molecule has 3 nitrogen and oxygen atoms in total. The second kappa shape index (κ2) is 7.47. The molecule has 0 saturated carbocycles. The van der Waals surface area contributed by atoms with Crippen LogP contribution in [-0.2, 0) is 6.42 Å². The number of hydrogen-bond donors (Lipinski definition) is 2. The van der Waals surface area contributed by atoms with Gasteiger partial charge in [-0.2, -0.15) is 0 Å². The van der Waals surface area contributed by atoms with E-state index < -0.39 is 11.7 Å². The van der Waals surface area contributed by atoms with Crippen LogP contribution in [0.1, 0.15) is 35.6 Å². The molecular formula is C21H27NO2. The van der Waals surface area contributed by atoms with E-state index in [2.05, 4.69) is 36.1 Å². The quantitative estimate of drug-likeness (QED) is 0.888. The van der Waals surface area contributed by atoms with E-state index in [4.69, 9.17) is 0 Å². The van der Waals surface area contributed by atoms with Crippen LogP contribution in [0.25, 0.3) is 0 Å². The summed E-state index contributed by atoms with van der Waals surface area (Å²) in [5, 5.41) is 21.3. The lowest BCUT2D eigenvalue weighted by Crippen LogP contribution is -2.46. The van der Waals surface area contributed by atoms with Crippen LogP contribution in [-0.4, -0.2) is 40.3 Å². The van der Waals surface area contributed by atoms with Crippen molar-refractivity contribution in [2.24, 2.45) is 0 Å². The summed E-state index contributed by atoms with van der Waals surface area (Å²) in [5.41, 5.74) is 2.77. The predicted molar refractivity (Wildman–Crippen MR) is 96.9 cm³/mol. The molecule has 24 heavy (non-hydrogen) atoms. The van der Waals surface area contributed by atoms with Crippen molar-refractivity contribution in [3.8, 4) is 0 Å². The standard InChI is InChI=1S/C21H27NO2/c1-17-6-5-7-18(14-17)15-21(24)10-12-22(13-11-21)16-20(23)19-8-3-2-4-9-19/h2-9,14,20,23-24H,10-13,15-16H2,1H3/t20-/m1/s1. The number of nitrogens with zero attached hydrogens (tertiary/aromatic N) is 1. The number of benzene rings is 2. The van der Waals surface area contributed by atoms with E-state index in [-0.39, 0.29) is 0 Å². The lowest BCUT2D eigenvalue weighted by Gasteiger charge is -2.39. The highest BCUT2D eigenvalue weighted by molar-refractivity contribution is 5.24. The van der Waals surface area contributed by atoms with Crippen molar-refractivity contribution in [3.63, 3.8) is 0 Å². The average Bonchev–Trinajstić information content (AvgIpc) is 2.58. The first-order valence-electron chi connectivity index (χ1n) is 8.77. The van der Waals surface area contributed by atoms with E-state index in [0.29, 0.717) is 13.0 Å². The van der Waals surface area contributed by atoms with Crippen LogP contribution in [0.4, 0.5) is 0 Å². The molecule has 0 amide bonds. The summed E-state index contributed by atoms with van der Waals surface area (Å²) in [5.74, 6) is 0. The Balaban J connectivity index is 1.53. The second-order valence-electron chi connectivity index (χ2n) is 7.12. The van der Waals surface area contributed by atoms with Crippen LogP contribution in [0.5, 0.6) is 0 Å². The van der Waals surface area contributed by atoms with Crippen molar-refractivity contribution in [2.75, 3.05) is 19.6 Å². The van der Waals surface area contributed by atoms with Crippen molar-refractivity contribution < 1.29 is 10.2 Å². The third-order valence-electron chi connectivity index (χ3n) is 5.02. The fourth-order valence-electron chi connectivity index (χ4n) is 3.56. The van der Waals surface area contributed by atoms with E-state index in [1.54, 1.807) is 0 Å². The van der Waals surface area contributed by atoms with Gasteiger partial charge in [-0.1, -0.05) is 60.2 Å². The number of aliphatic hydroxyl groups is 2. The highest BCUT2D eigenvalue weighted by Crippen LogP contribution is 2.27. The van der Waals surface area contributed by atoms with Crippen LogP contribution < -0.4 is 0 Å². The van der Waals surface area contributed by atoms with Crippen molar-refractivity contribution in [2.45, 2.75) is 37.9 Å². The number of aryl methyl sites for hydroxylation is 1. The molecule has 3 rings (SSSR count). The van der Waals surface area contributed by atoms with Gasteiger partial charge in [-0.3, -0.25) is 0 Å². The van der Waals surface area contributed by atoms with Gasteiger partial charge in [0.1, 0.15) is 0 Å². The van der Waals surface area contributed by atoms with Crippen LogP contribution in [0.15, 0.2) is 54.6 Å². The molecule has 0 aromatic heterocycles. The third-order valence-corrected chi connectivity index (χ3v) is 5.02. The summed E-state index contributed by atoms with van der Waals surface area (Å²) in [6.45, 7) is 4.37. The molecule has 0 aliphatic carbocycles. The van der Waals surface area contributed by atoms with Gasteiger partial charge in [0.25, 0.3) is 0 Å². The number of likely N-dealkylation sites (tertiary alicyclic amines) is 1. The predicted octanol–water partition coefficient (Wildman–Crippen LogP) is 3.10. The summed E-state index contributed by atoms with van der Waals surface area (Å²) in [7, 11) is 0. The monoisotopic (exact) mass is 325 g/mol. The van der Waals surface area contributed by atoms with Gasteiger partial charge in [-0.15, -0.1) is 0 Å². The van der Waals surface area contributed by atoms with Gasteiger partial charge in [-0.05, 0) is 30.9 Å². The Kier molecular flexibility index (Phi) is 5.34. The first kappa shape index (κ1) is 17.2. The van der Waals surface area contributed by atoms with Gasteiger partial charge in [0.2, 0.25) is 0 Å². The number of aliphatic hydroxyl groups excluding tert-OH is 1. The minimum atomic E-state index is -0.623. The first-order chi connectivity index (χ1) is 11.5. The molecule has 2 N–H and O–H groups in total. The molecule has 2 aromatic rings. The van der Waals surface area contributed by atoms with Gasteiger partial charge in [0.05, 0.1) is 11.7 Å². The maximum Gasteiger partial charge on any atom is 0.0916 e. The van der Waals surface area contributed by atoms with E-state index >= 15 is 0 Å². The maximum atomic E-state index is 10.9. The zero-order valence-electron chi connectivity index (χ0n) is 14.4. The number of hydrogen-bond acceptors (Lipinski definition) is 3. The lowest BCUT2D eigenvalue weighted by molar-refractivity contribution is -0.0295. The molecule has 0 unspecified atom stereocenters. The SMILES string of the molecule is Cc1cccc(CC2(O)CCN(C[C@@H](O)c3ccccc3)CC2)c1. The highest BCUT2D eigenvalue weighted by Gasteiger charge is 2.33.